The molecule has 0 radical (unpaired) electrons. The summed E-state index contributed by atoms with van der Waals surface area (Å²) in [5, 5.41) is 10.4. The van der Waals surface area contributed by atoms with Gasteiger partial charge in [-0.05, 0) is 0 Å². The molecule has 0 atom stereocenters. The predicted octanol–water partition coefficient (Wildman–Crippen LogP) is 2.38. The lowest BCUT2D eigenvalue weighted by atomic mass is 10.2. The standard InChI is InChI=1S/C7H4ClN3O2/c1-10-6-3-4(11(12)13)2-5(8)7(6)9/h2-3H,9H2. The van der Waals surface area contributed by atoms with E-state index in [1.165, 1.54) is 0 Å². The molecule has 0 aromatic heterocycles. The summed E-state index contributed by atoms with van der Waals surface area (Å²) in [5.74, 6) is 0. The van der Waals surface area contributed by atoms with Crippen molar-refractivity contribution in [1.29, 1.82) is 0 Å². The number of halogens is 1. The maximum Gasteiger partial charge on any atom is 0.260 e. The molecule has 0 aliphatic heterocycles. The van der Waals surface area contributed by atoms with E-state index in [-0.39, 0.29) is 22.1 Å². The van der Waals surface area contributed by atoms with Crippen LogP contribution in [0, 0.1) is 16.7 Å². The van der Waals surface area contributed by atoms with E-state index in [9.17, 15) is 10.1 Å². The van der Waals surface area contributed by atoms with Crippen LogP contribution in [-0.2, 0) is 0 Å². The van der Waals surface area contributed by atoms with Crippen LogP contribution < -0.4 is 5.73 Å². The van der Waals surface area contributed by atoms with Gasteiger partial charge in [0.25, 0.3) is 5.69 Å². The molecule has 0 spiro atoms. The Morgan fingerprint density at radius 3 is 2.69 bits per heavy atom. The topological polar surface area (TPSA) is 73.5 Å². The summed E-state index contributed by atoms with van der Waals surface area (Å²) in [6, 6.07) is 2.21. The molecule has 0 aliphatic rings. The van der Waals surface area contributed by atoms with Gasteiger partial charge in [-0.3, -0.25) is 10.1 Å². The van der Waals surface area contributed by atoms with Gasteiger partial charge in [0.2, 0.25) is 5.69 Å². The van der Waals surface area contributed by atoms with Crippen molar-refractivity contribution in [1.82, 2.24) is 0 Å². The molecule has 0 saturated heterocycles. The van der Waals surface area contributed by atoms with Crippen LogP contribution in [0.5, 0.6) is 0 Å². The summed E-state index contributed by atoms with van der Waals surface area (Å²) >= 11 is 5.57. The third-order valence-electron chi connectivity index (χ3n) is 1.42. The first kappa shape index (κ1) is 9.29. The summed E-state index contributed by atoms with van der Waals surface area (Å²) in [7, 11) is 0. The van der Waals surface area contributed by atoms with Crippen LogP contribution in [0.15, 0.2) is 12.1 Å². The Balaban J connectivity index is 3.41. The Morgan fingerprint density at radius 1 is 1.62 bits per heavy atom. The average Bonchev–Trinajstić information content (AvgIpc) is 2.09. The Bertz CT molecular complexity index is 411. The largest absolute Gasteiger partial charge is 0.406 e. The van der Waals surface area contributed by atoms with Crippen molar-refractivity contribution in [2.24, 2.45) is 0 Å². The number of anilines is 1. The molecular formula is C7H4ClN3O2. The van der Waals surface area contributed by atoms with Crippen molar-refractivity contribution in [3.63, 3.8) is 0 Å². The molecule has 1 aromatic rings. The molecule has 0 bridgehead atoms. The van der Waals surface area contributed by atoms with Crippen molar-refractivity contribution >= 4 is 28.7 Å². The van der Waals surface area contributed by atoms with Gasteiger partial charge >= 0.3 is 0 Å². The number of hydrogen-bond acceptors (Lipinski definition) is 3. The number of rotatable bonds is 1. The third-order valence-corrected chi connectivity index (χ3v) is 1.74. The molecule has 0 unspecified atom stereocenters. The molecule has 66 valence electrons. The Kier molecular flexibility index (Phi) is 2.35. The summed E-state index contributed by atoms with van der Waals surface area (Å²) in [4.78, 5) is 12.7. The molecule has 0 heterocycles. The average molecular weight is 198 g/mol. The van der Waals surface area contributed by atoms with E-state index in [0.717, 1.165) is 12.1 Å². The highest BCUT2D eigenvalue weighted by molar-refractivity contribution is 6.34. The molecule has 6 heteroatoms. The van der Waals surface area contributed by atoms with E-state index < -0.39 is 4.92 Å². The van der Waals surface area contributed by atoms with E-state index in [4.69, 9.17) is 23.9 Å². The van der Waals surface area contributed by atoms with E-state index >= 15 is 0 Å². The zero-order valence-electron chi connectivity index (χ0n) is 6.32. The quantitative estimate of drug-likeness (QED) is 0.325. The number of nitrogens with two attached hydrogens (primary N) is 1. The van der Waals surface area contributed by atoms with Gasteiger partial charge in [0.15, 0.2) is 0 Å². The Labute approximate surface area is 78.7 Å². The molecule has 5 nitrogen and oxygen atoms in total. The molecule has 0 fully saturated rings. The number of nitro groups is 1. The molecule has 2 N–H and O–H groups in total. The molecule has 0 amide bonds. The molecule has 13 heavy (non-hydrogen) atoms. The summed E-state index contributed by atoms with van der Waals surface area (Å²) in [6.45, 7) is 6.68. The maximum atomic E-state index is 10.3. The van der Waals surface area contributed by atoms with Crippen LogP contribution >= 0.6 is 11.6 Å². The van der Waals surface area contributed by atoms with E-state index in [2.05, 4.69) is 4.85 Å². The highest BCUT2D eigenvalue weighted by Gasteiger charge is 2.12. The fourth-order valence-corrected chi connectivity index (χ4v) is 0.996. The normalized spacial score (nSPS) is 9.23. The molecular weight excluding hydrogens is 194 g/mol. The SMILES string of the molecule is [C-]#[N+]c1cc([N+](=O)[O-])cc(Cl)c1N. The highest BCUT2D eigenvalue weighted by Crippen LogP contribution is 2.34. The summed E-state index contributed by atoms with van der Waals surface area (Å²) < 4.78 is 0. The molecule has 1 aromatic carbocycles. The smallest absolute Gasteiger partial charge is 0.260 e. The van der Waals surface area contributed by atoms with Gasteiger partial charge in [-0.1, -0.05) is 11.6 Å². The number of hydrogen-bond donors (Lipinski definition) is 1. The van der Waals surface area contributed by atoms with Crippen LogP contribution in [0.4, 0.5) is 17.1 Å². The Hall–Kier alpha value is -1.80. The summed E-state index contributed by atoms with van der Waals surface area (Å²) in [5.41, 5.74) is 5.23. The lowest BCUT2D eigenvalue weighted by molar-refractivity contribution is -0.384. The van der Waals surface area contributed by atoms with Crippen molar-refractivity contribution in [3.8, 4) is 0 Å². The van der Waals surface area contributed by atoms with Crippen LogP contribution in [-0.4, -0.2) is 4.92 Å². The van der Waals surface area contributed by atoms with Crippen LogP contribution in [0.2, 0.25) is 5.02 Å². The number of nitro benzene ring substituents is 1. The van der Waals surface area contributed by atoms with Gasteiger partial charge in [-0.2, -0.15) is 0 Å². The number of nitrogens with zero attached hydrogens (tertiary/aromatic N) is 2. The third kappa shape index (κ3) is 1.68. The van der Waals surface area contributed by atoms with Crippen molar-refractivity contribution in [2.75, 3.05) is 5.73 Å². The van der Waals surface area contributed by atoms with Crippen LogP contribution in [0.1, 0.15) is 0 Å². The number of benzene rings is 1. The monoisotopic (exact) mass is 197 g/mol. The second-order valence-corrected chi connectivity index (χ2v) is 2.64. The van der Waals surface area contributed by atoms with Gasteiger partial charge in [0.05, 0.1) is 22.2 Å². The van der Waals surface area contributed by atoms with Gasteiger partial charge in [0.1, 0.15) is 0 Å². The minimum Gasteiger partial charge on any atom is -0.406 e. The minimum absolute atomic E-state index is 0.000741. The first-order chi connectivity index (χ1) is 6.06. The second-order valence-electron chi connectivity index (χ2n) is 2.23. The van der Waals surface area contributed by atoms with Crippen molar-refractivity contribution < 1.29 is 4.92 Å². The van der Waals surface area contributed by atoms with Crippen molar-refractivity contribution in [3.05, 3.63) is 38.7 Å². The molecule has 0 saturated carbocycles. The van der Waals surface area contributed by atoms with Gasteiger partial charge < -0.3 is 5.73 Å². The zero-order chi connectivity index (χ0) is 10.0. The van der Waals surface area contributed by atoms with Gasteiger partial charge in [-0.15, -0.1) is 0 Å². The lowest BCUT2D eigenvalue weighted by Gasteiger charge is -1.99. The second kappa shape index (κ2) is 3.29. The van der Waals surface area contributed by atoms with Gasteiger partial charge in [0, 0.05) is 12.1 Å². The minimum atomic E-state index is -0.625. The van der Waals surface area contributed by atoms with E-state index in [1.54, 1.807) is 0 Å². The number of non-ortho nitro benzene ring substituents is 1. The predicted molar refractivity (Wildman–Crippen MR) is 48.8 cm³/mol. The fraction of sp³-hybridized carbons (Fsp3) is 0. The number of nitrogen functional groups attached to an aromatic ring is 1. The first-order valence-electron chi connectivity index (χ1n) is 3.17. The van der Waals surface area contributed by atoms with Crippen LogP contribution in [0.3, 0.4) is 0 Å². The fourth-order valence-electron chi connectivity index (χ4n) is 0.787. The van der Waals surface area contributed by atoms with E-state index in [0.29, 0.717) is 0 Å². The summed E-state index contributed by atoms with van der Waals surface area (Å²) in [6.07, 6.45) is 0. The zero-order valence-corrected chi connectivity index (χ0v) is 7.08. The highest BCUT2D eigenvalue weighted by atomic mass is 35.5. The maximum absolute atomic E-state index is 10.3. The molecule has 1 rings (SSSR count). The van der Waals surface area contributed by atoms with Crippen LogP contribution in [0.25, 0.3) is 4.85 Å². The van der Waals surface area contributed by atoms with Gasteiger partial charge in [-0.25, -0.2) is 4.85 Å². The molecule has 0 aliphatic carbocycles. The van der Waals surface area contributed by atoms with E-state index in [1.807, 2.05) is 0 Å². The first-order valence-corrected chi connectivity index (χ1v) is 3.55. The van der Waals surface area contributed by atoms with Crippen molar-refractivity contribution in [2.45, 2.75) is 0 Å². The lowest BCUT2D eigenvalue weighted by Crippen LogP contribution is -1.91. The Morgan fingerprint density at radius 2 is 2.23 bits per heavy atom.